The zero-order valence-electron chi connectivity index (χ0n) is 15.2. The van der Waals surface area contributed by atoms with E-state index in [4.69, 9.17) is 9.47 Å². The second-order valence-corrected chi connectivity index (χ2v) is 5.79. The van der Waals surface area contributed by atoms with Crippen molar-refractivity contribution in [2.45, 2.75) is 19.9 Å². The van der Waals surface area contributed by atoms with E-state index < -0.39 is 0 Å². The van der Waals surface area contributed by atoms with Crippen molar-refractivity contribution in [2.24, 2.45) is 4.99 Å². The summed E-state index contributed by atoms with van der Waals surface area (Å²) in [5, 5.41) is 6.42. The Morgan fingerprint density at radius 1 is 1.32 bits per heavy atom. The van der Waals surface area contributed by atoms with Crippen molar-refractivity contribution in [2.75, 3.05) is 58.0 Å². The smallest absolute Gasteiger partial charge is 0.191 e. The highest BCUT2D eigenvalue weighted by molar-refractivity contribution is 5.79. The lowest BCUT2D eigenvalue weighted by atomic mass is 10.1. The molecule has 2 rings (SSSR count). The summed E-state index contributed by atoms with van der Waals surface area (Å²) in [6, 6.07) is 5.37. The molecule has 0 unspecified atom stereocenters. The second kappa shape index (κ2) is 10.9. The van der Waals surface area contributed by atoms with Crippen LogP contribution in [0.4, 0.5) is 10.1 Å². The monoisotopic (exact) mass is 352 g/mol. The van der Waals surface area contributed by atoms with Crippen molar-refractivity contribution in [1.29, 1.82) is 0 Å². The first-order valence-electron chi connectivity index (χ1n) is 8.88. The number of hydrogen-bond acceptors (Lipinski definition) is 4. The van der Waals surface area contributed by atoms with Gasteiger partial charge >= 0.3 is 0 Å². The molecule has 1 saturated heterocycles. The number of nitrogens with one attached hydrogen (secondary N) is 2. The minimum absolute atomic E-state index is 0.194. The predicted octanol–water partition coefficient (Wildman–Crippen LogP) is 1.75. The zero-order valence-corrected chi connectivity index (χ0v) is 15.2. The third-order valence-corrected chi connectivity index (χ3v) is 4.01. The molecule has 25 heavy (non-hydrogen) atoms. The van der Waals surface area contributed by atoms with E-state index in [0.29, 0.717) is 31.4 Å². The first-order chi connectivity index (χ1) is 12.2. The molecule has 0 aliphatic carbocycles. The third-order valence-electron chi connectivity index (χ3n) is 4.01. The number of halogens is 1. The molecule has 1 aliphatic rings. The minimum atomic E-state index is -0.194. The summed E-state index contributed by atoms with van der Waals surface area (Å²) in [5.41, 5.74) is 1.53. The molecule has 0 saturated carbocycles. The van der Waals surface area contributed by atoms with Gasteiger partial charge < -0.3 is 25.0 Å². The molecule has 2 N–H and O–H groups in total. The summed E-state index contributed by atoms with van der Waals surface area (Å²) in [6.45, 7) is 7.50. The number of morpholine rings is 1. The van der Waals surface area contributed by atoms with Gasteiger partial charge in [0.05, 0.1) is 18.9 Å². The standard InChI is InChI=1S/C18H29FN4O2/c1-3-24-10-4-7-21-18(20-2)22-14-15-5-6-17(16(19)13-15)23-8-11-25-12-9-23/h5-6,13H,3-4,7-12,14H2,1-2H3,(H2,20,21,22). The van der Waals surface area contributed by atoms with E-state index in [1.54, 1.807) is 13.1 Å². The van der Waals surface area contributed by atoms with Crippen LogP contribution in [-0.2, 0) is 16.0 Å². The number of hydrogen-bond donors (Lipinski definition) is 2. The van der Waals surface area contributed by atoms with Gasteiger partial charge in [0.25, 0.3) is 0 Å². The van der Waals surface area contributed by atoms with Gasteiger partial charge in [0, 0.05) is 46.4 Å². The quantitative estimate of drug-likeness (QED) is 0.424. The second-order valence-electron chi connectivity index (χ2n) is 5.79. The summed E-state index contributed by atoms with van der Waals surface area (Å²) in [7, 11) is 1.72. The van der Waals surface area contributed by atoms with Crippen molar-refractivity contribution >= 4 is 11.6 Å². The lowest BCUT2D eigenvalue weighted by Gasteiger charge is -2.29. The Morgan fingerprint density at radius 2 is 2.12 bits per heavy atom. The molecular formula is C18H29FN4O2. The molecule has 1 fully saturated rings. The van der Waals surface area contributed by atoms with Gasteiger partial charge in [-0.15, -0.1) is 0 Å². The number of aliphatic imine (C=N–C) groups is 1. The normalized spacial score (nSPS) is 15.3. The number of ether oxygens (including phenoxy) is 2. The van der Waals surface area contributed by atoms with Crippen molar-refractivity contribution in [1.82, 2.24) is 10.6 Å². The Labute approximate surface area is 149 Å². The molecule has 0 radical (unpaired) electrons. The van der Waals surface area contributed by atoms with Crippen LogP contribution in [0.5, 0.6) is 0 Å². The van der Waals surface area contributed by atoms with Gasteiger partial charge in [0.15, 0.2) is 5.96 Å². The van der Waals surface area contributed by atoms with Gasteiger partial charge in [0.1, 0.15) is 5.82 Å². The number of benzene rings is 1. The molecule has 1 aromatic rings. The van der Waals surface area contributed by atoms with Gasteiger partial charge in [-0.05, 0) is 31.0 Å². The Morgan fingerprint density at radius 3 is 2.80 bits per heavy atom. The van der Waals surface area contributed by atoms with Gasteiger partial charge in [-0.1, -0.05) is 6.07 Å². The van der Waals surface area contributed by atoms with Gasteiger partial charge in [-0.25, -0.2) is 4.39 Å². The van der Waals surface area contributed by atoms with Crippen LogP contribution in [0.3, 0.4) is 0 Å². The maximum absolute atomic E-state index is 14.4. The van der Waals surface area contributed by atoms with Gasteiger partial charge in [0.2, 0.25) is 0 Å². The number of anilines is 1. The number of nitrogens with zero attached hydrogens (tertiary/aromatic N) is 2. The SMILES string of the molecule is CCOCCCNC(=NC)NCc1ccc(N2CCOCC2)c(F)c1. The average molecular weight is 352 g/mol. The molecule has 1 aromatic carbocycles. The van der Waals surface area contributed by atoms with E-state index in [-0.39, 0.29) is 5.82 Å². The molecule has 1 heterocycles. The van der Waals surface area contributed by atoms with Crippen LogP contribution in [0.1, 0.15) is 18.9 Å². The van der Waals surface area contributed by atoms with E-state index in [1.807, 2.05) is 24.0 Å². The summed E-state index contributed by atoms with van der Waals surface area (Å²) in [4.78, 5) is 6.19. The van der Waals surface area contributed by atoms with Crippen molar-refractivity contribution < 1.29 is 13.9 Å². The van der Waals surface area contributed by atoms with E-state index in [9.17, 15) is 4.39 Å². The van der Waals surface area contributed by atoms with Crippen LogP contribution in [0, 0.1) is 5.82 Å². The molecule has 6 nitrogen and oxygen atoms in total. The molecule has 7 heteroatoms. The van der Waals surface area contributed by atoms with Crippen molar-refractivity contribution in [3.63, 3.8) is 0 Å². The highest BCUT2D eigenvalue weighted by atomic mass is 19.1. The average Bonchev–Trinajstić information content (AvgIpc) is 2.65. The van der Waals surface area contributed by atoms with Crippen LogP contribution in [0.15, 0.2) is 23.2 Å². The predicted molar refractivity (Wildman–Crippen MR) is 98.7 cm³/mol. The molecular weight excluding hydrogens is 323 g/mol. The summed E-state index contributed by atoms with van der Waals surface area (Å²) in [5.74, 6) is 0.509. The zero-order chi connectivity index (χ0) is 17.9. The van der Waals surface area contributed by atoms with E-state index in [2.05, 4.69) is 15.6 Å². The maximum atomic E-state index is 14.4. The fraction of sp³-hybridized carbons (Fsp3) is 0.611. The number of rotatable bonds is 8. The van der Waals surface area contributed by atoms with Crippen molar-refractivity contribution in [3.05, 3.63) is 29.6 Å². The molecule has 0 aromatic heterocycles. The van der Waals surface area contributed by atoms with Gasteiger partial charge in [-0.3, -0.25) is 4.99 Å². The Hall–Kier alpha value is -1.86. The lowest BCUT2D eigenvalue weighted by Crippen LogP contribution is -2.38. The Kier molecular flexibility index (Phi) is 8.48. The van der Waals surface area contributed by atoms with E-state index in [0.717, 1.165) is 44.8 Å². The van der Waals surface area contributed by atoms with Crippen LogP contribution < -0.4 is 15.5 Å². The topological polar surface area (TPSA) is 58.1 Å². The van der Waals surface area contributed by atoms with Crippen LogP contribution in [0.25, 0.3) is 0 Å². The summed E-state index contributed by atoms with van der Waals surface area (Å²) in [6.07, 6.45) is 0.914. The highest BCUT2D eigenvalue weighted by Crippen LogP contribution is 2.21. The minimum Gasteiger partial charge on any atom is -0.382 e. The molecule has 1 aliphatic heterocycles. The molecule has 0 amide bonds. The van der Waals surface area contributed by atoms with E-state index in [1.165, 1.54) is 0 Å². The molecule has 0 spiro atoms. The Balaban J connectivity index is 1.80. The molecule has 140 valence electrons. The molecule has 0 atom stereocenters. The summed E-state index contributed by atoms with van der Waals surface area (Å²) >= 11 is 0. The van der Waals surface area contributed by atoms with Gasteiger partial charge in [-0.2, -0.15) is 0 Å². The fourth-order valence-electron chi connectivity index (χ4n) is 2.65. The lowest BCUT2D eigenvalue weighted by molar-refractivity contribution is 0.122. The van der Waals surface area contributed by atoms with Crippen LogP contribution in [0.2, 0.25) is 0 Å². The third kappa shape index (κ3) is 6.51. The molecule has 0 bridgehead atoms. The maximum Gasteiger partial charge on any atom is 0.191 e. The Bertz CT molecular complexity index is 548. The summed E-state index contributed by atoms with van der Waals surface area (Å²) < 4.78 is 25.0. The largest absolute Gasteiger partial charge is 0.382 e. The van der Waals surface area contributed by atoms with Crippen LogP contribution in [-0.4, -0.2) is 59.1 Å². The van der Waals surface area contributed by atoms with E-state index >= 15 is 0 Å². The first-order valence-corrected chi connectivity index (χ1v) is 8.88. The number of guanidine groups is 1. The first kappa shape index (κ1) is 19.5. The highest BCUT2D eigenvalue weighted by Gasteiger charge is 2.15. The van der Waals surface area contributed by atoms with Crippen LogP contribution >= 0.6 is 0 Å². The fourth-order valence-corrected chi connectivity index (χ4v) is 2.65. The van der Waals surface area contributed by atoms with Crippen molar-refractivity contribution in [3.8, 4) is 0 Å².